The fourth-order valence-corrected chi connectivity index (χ4v) is 4.65. The molecule has 0 radical (unpaired) electrons. The first-order valence-corrected chi connectivity index (χ1v) is 11.4. The first-order valence-electron chi connectivity index (χ1n) is 10.5. The zero-order valence-corrected chi connectivity index (χ0v) is 18.5. The summed E-state index contributed by atoms with van der Waals surface area (Å²) < 4.78 is 19.0. The molecule has 4 rings (SSSR count). The summed E-state index contributed by atoms with van der Waals surface area (Å²) in [5.74, 6) is -1.64. The predicted octanol–water partition coefficient (Wildman–Crippen LogP) is 3.12. The summed E-state index contributed by atoms with van der Waals surface area (Å²) in [5.41, 5.74) is 0.224. The molecule has 0 spiro atoms. The number of rotatable bonds is 6. The van der Waals surface area contributed by atoms with Crippen LogP contribution in [0.25, 0.3) is 6.08 Å². The number of nitrogens with zero attached hydrogens (tertiary/aromatic N) is 2. The van der Waals surface area contributed by atoms with Crippen molar-refractivity contribution in [1.82, 2.24) is 15.1 Å². The van der Waals surface area contributed by atoms with Gasteiger partial charge in [0, 0.05) is 31.7 Å². The molecular formula is C23H22FN3O5S. The Morgan fingerprint density at radius 3 is 2.79 bits per heavy atom. The Hall–Kier alpha value is -3.40. The summed E-state index contributed by atoms with van der Waals surface area (Å²) in [7, 11) is 0. The normalized spacial score (nSPS) is 19.9. The third-order valence-electron chi connectivity index (χ3n) is 5.51. The number of carbonyl (C=O) groups is 4. The van der Waals surface area contributed by atoms with Crippen molar-refractivity contribution in [3.05, 3.63) is 64.7 Å². The highest BCUT2D eigenvalue weighted by molar-refractivity contribution is 8.18. The molecule has 1 aromatic carbocycles. The topological polar surface area (TPSA) is 99.9 Å². The molecule has 1 N–H and O–H groups in total. The first-order chi connectivity index (χ1) is 15.9. The van der Waals surface area contributed by atoms with E-state index in [-0.39, 0.29) is 53.6 Å². The summed E-state index contributed by atoms with van der Waals surface area (Å²) in [6, 6.07) is 9.21. The van der Waals surface area contributed by atoms with E-state index in [0.29, 0.717) is 19.4 Å². The summed E-state index contributed by atoms with van der Waals surface area (Å²) in [6.07, 6.45) is 4.11. The molecule has 1 unspecified atom stereocenters. The molecule has 2 saturated heterocycles. The Bertz CT molecular complexity index is 1100. The number of hydrogen-bond acceptors (Lipinski definition) is 6. The maximum atomic E-state index is 13.8. The molecule has 0 bridgehead atoms. The summed E-state index contributed by atoms with van der Waals surface area (Å²) in [4.78, 5) is 52.6. The van der Waals surface area contributed by atoms with Crippen LogP contribution in [0.2, 0.25) is 0 Å². The standard InChI is InChI=1S/C23H22FN3O5S/c24-17-7-2-1-5-15(17)13-19-22(30)27(23(31)33-19)11-9-25-20(28)16-6-3-10-26(14-16)21(29)18-8-4-12-32-18/h1-2,4-5,7-8,12-13,16H,3,6,9-11,14H2,(H,25,28)/b19-13-. The van der Waals surface area contributed by atoms with Crippen LogP contribution in [0.3, 0.4) is 0 Å². The van der Waals surface area contributed by atoms with Gasteiger partial charge in [0.2, 0.25) is 5.91 Å². The van der Waals surface area contributed by atoms with E-state index in [1.54, 1.807) is 29.2 Å². The van der Waals surface area contributed by atoms with Crippen molar-refractivity contribution < 1.29 is 28.0 Å². The van der Waals surface area contributed by atoms with Crippen molar-refractivity contribution in [3.8, 4) is 0 Å². The number of piperidine rings is 1. The lowest BCUT2D eigenvalue weighted by Gasteiger charge is -2.31. The zero-order valence-electron chi connectivity index (χ0n) is 17.7. The number of amides is 4. The van der Waals surface area contributed by atoms with Crippen LogP contribution in [0.5, 0.6) is 0 Å². The van der Waals surface area contributed by atoms with Gasteiger partial charge in [-0.1, -0.05) is 18.2 Å². The van der Waals surface area contributed by atoms with Gasteiger partial charge >= 0.3 is 0 Å². The number of hydrogen-bond donors (Lipinski definition) is 1. The van der Waals surface area contributed by atoms with Crippen LogP contribution < -0.4 is 5.32 Å². The van der Waals surface area contributed by atoms with Gasteiger partial charge in [-0.15, -0.1) is 0 Å². The zero-order chi connectivity index (χ0) is 23.4. The predicted molar refractivity (Wildman–Crippen MR) is 119 cm³/mol. The van der Waals surface area contributed by atoms with Crippen LogP contribution >= 0.6 is 11.8 Å². The number of carbonyl (C=O) groups excluding carboxylic acids is 4. The first kappa shape index (κ1) is 22.8. The summed E-state index contributed by atoms with van der Waals surface area (Å²) in [6.45, 7) is 0.923. The van der Waals surface area contributed by atoms with Crippen LogP contribution in [-0.4, -0.2) is 58.9 Å². The second kappa shape index (κ2) is 10.0. The lowest BCUT2D eigenvalue weighted by molar-refractivity contribution is -0.127. The number of nitrogens with one attached hydrogen (secondary N) is 1. The van der Waals surface area contributed by atoms with Gasteiger partial charge in [0.25, 0.3) is 17.1 Å². The van der Waals surface area contributed by atoms with Crippen molar-refractivity contribution in [2.45, 2.75) is 12.8 Å². The molecule has 2 aromatic rings. The molecule has 33 heavy (non-hydrogen) atoms. The minimum Gasteiger partial charge on any atom is -0.459 e. The third kappa shape index (κ3) is 5.16. The van der Waals surface area contributed by atoms with Crippen LogP contribution in [0.1, 0.15) is 29.0 Å². The molecule has 0 saturated carbocycles. The number of imide groups is 1. The van der Waals surface area contributed by atoms with E-state index in [1.165, 1.54) is 24.5 Å². The molecule has 4 amide bonds. The maximum absolute atomic E-state index is 13.8. The molecular weight excluding hydrogens is 449 g/mol. The van der Waals surface area contributed by atoms with Crippen molar-refractivity contribution in [1.29, 1.82) is 0 Å². The van der Waals surface area contributed by atoms with E-state index in [2.05, 4.69) is 5.32 Å². The van der Waals surface area contributed by atoms with Crippen LogP contribution in [0.15, 0.2) is 52.0 Å². The number of thioether (sulfide) groups is 1. The average molecular weight is 472 g/mol. The van der Waals surface area contributed by atoms with Gasteiger partial charge in [-0.2, -0.15) is 0 Å². The second-order valence-electron chi connectivity index (χ2n) is 7.71. The van der Waals surface area contributed by atoms with E-state index in [9.17, 15) is 23.6 Å². The van der Waals surface area contributed by atoms with Crippen molar-refractivity contribution >= 4 is 40.8 Å². The summed E-state index contributed by atoms with van der Waals surface area (Å²) >= 11 is 0.741. The van der Waals surface area contributed by atoms with Crippen molar-refractivity contribution in [2.24, 2.45) is 5.92 Å². The SMILES string of the molecule is O=C(NCCN1C(=O)S/C(=C\c2ccccc2F)C1=O)C1CCCN(C(=O)c2ccco2)C1. The fourth-order valence-electron chi connectivity index (χ4n) is 3.79. The van der Waals surface area contributed by atoms with E-state index < -0.39 is 17.0 Å². The molecule has 2 fully saturated rings. The monoisotopic (exact) mass is 471 g/mol. The average Bonchev–Trinajstić information content (AvgIpc) is 3.44. The van der Waals surface area contributed by atoms with Gasteiger partial charge in [-0.3, -0.25) is 24.1 Å². The maximum Gasteiger partial charge on any atom is 0.293 e. The van der Waals surface area contributed by atoms with Gasteiger partial charge in [-0.05, 0) is 48.9 Å². The minimum atomic E-state index is -0.518. The lowest BCUT2D eigenvalue weighted by Crippen LogP contribution is -2.46. The molecule has 3 heterocycles. The van der Waals surface area contributed by atoms with E-state index in [0.717, 1.165) is 16.7 Å². The van der Waals surface area contributed by atoms with E-state index in [1.807, 2.05) is 0 Å². The molecule has 1 atom stereocenters. The molecule has 2 aliphatic rings. The molecule has 8 nitrogen and oxygen atoms in total. The highest BCUT2D eigenvalue weighted by Gasteiger charge is 2.35. The van der Waals surface area contributed by atoms with Crippen molar-refractivity contribution in [2.75, 3.05) is 26.2 Å². The van der Waals surface area contributed by atoms with Gasteiger partial charge in [0.1, 0.15) is 5.82 Å². The Morgan fingerprint density at radius 2 is 2.03 bits per heavy atom. The highest BCUT2D eigenvalue weighted by Crippen LogP contribution is 2.32. The Balaban J connectivity index is 1.29. The quantitative estimate of drug-likeness (QED) is 0.650. The molecule has 2 aliphatic heterocycles. The minimum absolute atomic E-state index is 0.00672. The van der Waals surface area contributed by atoms with Gasteiger partial charge < -0.3 is 14.6 Å². The molecule has 0 aliphatic carbocycles. The van der Waals surface area contributed by atoms with E-state index in [4.69, 9.17) is 4.42 Å². The van der Waals surface area contributed by atoms with Gasteiger partial charge in [0.15, 0.2) is 5.76 Å². The van der Waals surface area contributed by atoms with Crippen LogP contribution in [0.4, 0.5) is 9.18 Å². The number of likely N-dealkylation sites (tertiary alicyclic amines) is 1. The second-order valence-corrected chi connectivity index (χ2v) is 8.71. The largest absolute Gasteiger partial charge is 0.459 e. The van der Waals surface area contributed by atoms with Crippen LogP contribution in [-0.2, 0) is 9.59 Å². The highest BCUT2D eigenvalue weighted by atomic mass is 32.2. The third-order valence-corrected chi connectivity index (χ3v) is 6.42. The summed E-state index contributed by atoms with van der Waals surface area (Å²) in [5, 5.41) is 2.29. The Morgan fingerprint density at radius 1 is 1.21 bits per heavy atom. The smallest absolute Gasteiger partial charge is 0.293 e. The fraction of sp³-hybridized carbons (Fsp3) is 0.304. The van der Waals surface area contributed by atoms with Gasteiger partial charge in [-0.25, -0.2) is 4.39 Å². The van der Waals surface area contributed by atoms with Crippen LogP contribution in [0, 0.1) is 11.7 Å². The lowest BCUT2D eigenvalue weighted by atomic mass is 9.97. The van der Waals surface area contributed by atoms with Gasteiger partial charge in [0.05, 0.1) is 17.1 Å². The molecule has 172 valence electrons. The Kier molecular flexibility index (Phi) is 6.93. The molecule has 10 heteroatoms. The number of halogens is 1. The Labute approximate surface area is 193 Å². The van der Waals surface area contributed by atoms with E-state index >= 15 is 0 Å². The number of benzene rings is 1. The number of furan rings is 1. The van der Waals surface area contributed by atoms with Crippen molar-refractivity contribution in [3.63, 3.8) is 0 Å². The molecule has 1 aromatic heterocycles.